The molecule has 0 aliphatic rings. The van der Waals surface area contributed by atoms with Gasteiger partial charge in [-0.25, -0.2) is 4.39 Å². The topological polar surface area (TPSA) is 91.8 Å². The Kier molecular flexibility index (Phi) is 5.77. The van der Waals surface area contributed by atoms with E-state index >= 15 is 0 Å². The van der Waals surface area contributed by atoms with Crippen molar-refractivity contribution in [1.29, 1.82) is 0 Å². The quantitative estimate of drug-likeness (QED) is 0.298. The van der Waals surface area contributed by atoms with Crippen molar-refractivity contribution in [3.63, 3.8) is 0 Å². The first-order valence-corrected chi connectivity index (χ1v) is 10.5. The van der Waals surface area contributed by atoms with Crippen molar-refractivity contribution in [2.45, 2.75) is 0 Å². The third-order valence-corrected chi connectivity index (χ3v) is 5.15. The fourth-order valence-corrected chi connectivity index (χ4v) is 3.46. The van der Waals surface area contributed by atoms with E-state index in [0.717, 1.165) is 22.7 Å². The highest BCUT2D eigenvalue weighted by Gasteiger charge is 2.08. The summed E-state index contributed by atoms with van der Waals surface area (Å²) in [6, 6.07) is 22.5. The second-order valence-electron chi connectivity index (χ2n) is 7.51. The van der Waals surface area contributed by atoms with E-state index in [1.165, 1.54) is 12.1 Å². The van der Waals surface area contributed by atoms with Gasteiger partial charge in [-0.2, -0.15) is 10.2 Å². The maximum atomic E-state index is 13.7. The summed E-state index contributed by atoms with van der Waals surface area (Å²) in [6.07, 6.45) is 4.90. The number of nitrogens with zero attached hydrogens (tertiary/aromatic N) is 3. The monoisotopic (exact) mass is 450 g/mol. The first-order valence-electron chi connectivity index (χ1n) is 10.5. The maximum absolute atomic E-state index is 13.7. The molecular weight excluding hydrogens is 431 g/mol. The molecule has 7 nitrogen and oxygen atoms in total. The largest absolute Gasteiger partial charge is 0.355 e. The van der Waals surface area contributed by atoms with E-state index in [-0.39, 0.29) is 11.7 Å². The van der Waals surface area contributed by atoms with Crippen LogP contribution in [-0.4, -0.2) is 21.1 Å². The maximum Gasteiger partial charge on any atom is 0.255 e. The molecule has 2 aromatic heterocycles. The Balaban J connectivity index is 1.24. The smallest absolute Gasteiger partial charge is 0.255 e. The summed E-state index contributed by atoms with van der Waals surface area (Å²) in [6.45, 7) is 0. The number of rotatable bonds is 6. The fourth-order valence-electron chi connectivity index (χ4n) is 3.46. The Morgan fingerprint density at radius 3 is 2.21 bits per heavy atom. The van der Waals surface area contributed by atoms with Crippen LogP contribution in [0.25, 0.3) is 10.9 Å². The zero-order valence-corrected chi connectivity index (χ0v) is 17.9. The highest BCUT2D eigenvalue weighted by Crippen LogP contribution is 2.26. The number of aromatic nitrogens is 3. The van der Waals surface area contributed by atoms with Crippen LogP contribution in [-0.2, 0) is 0 Å². The minimum atomic E-state index is -0.325. The fraction of sp³-hybridized carbons (Fsp3) is 0. The first-order chi connectivity index (χ1) is 16.6. The lowest BCUT2D eigenvalue weighted by Gasteiger charge is -2.11. The number of amides is 1. The number of carbonyl (C=O) groups excluding carboxylic acids is 1. The minimum Gasteiger partial charge on any atom is -0.355 e. The minimum absolute atomic E-state index is 0.220. The molecular formula is C26H19FN6O. The molecule has 3 aromatic carbocycles. The highest BCUT2D eigenvalue weighted by molar-refractivity contribution is 6.04. The van der Waals surface area contributed by atoms with Gasteiger partial charge in [0.2, 0.25) is 0 Å². The molecule has 8 heteroatoms. The summed E-state index contributed by atoms with van der Waals surface area (Å²) in [5, 5.41) is 17.6. The van der Waals surface area contributed by atoms with Gasteiger partial charge in [0.1, 0.15) is 5.82 Å². The van der Waals surface area contributed by atoms with Crippen LogP contribution in [0, 0.1) is 5.82 Å². The third-order valence-electron chi connectivity index (χ3n) is 5.15. The van der Waals surface area contributed by atoms with Crippen LogP contribution in [0.1, 0.15) is 10.4 Å². The molecule has 0 spiro atoms. The van der Waals surface area contributed by atoms with Crippen LogP contribution >= 0.6 is 0 Å². The van der Waals surface area contributed by atoms with Gasteiger partial charge in [-0.05, 0) is 78.9 Å². The van der Waals surface area contributed by atoms with E-state index < -0.39 is 0 Å². The summed E-state index contributed by atoms with van der Waals surface area (Å²) >= 11 is 0. The van der Waals surface area contributed by atoms with E-state index in [2.05, 4.69) is 31.1 Å². The number of carbonyl (C=O) groups is 1. The van der Waals surface area contributed by atoms with Crippen LogP contribution in [0.4, 0.5) is 32.8 Å². The van der Waals surface area contributed by atoms with E-state index in [9.17, 15) is 9.18 Å². The second kappa shape index (κ2) is 9.33. The average molecular weight is 450 g/mol. The zero-order chi connectivity index (χ0) is 23.3. The Morgan fingerprint density at radius 2 is 1.44 bits per heavy atom. The lowest BCUT2D eigenvalue weighted by atomic mass is 10.1. The SMILES string of the molecule is O=C(Nc1ccc(Nc2ccnnc2)cc1)c1ccc(Nc2ccnc3ccc(F)cc23)cc1. The molecule has 0 atom stereocenters. The zero-order valence-electron chi connectivity index (χ0n) is 17.9. The molecule has 5 aromatic rings. The van der Waals surface area contributed by atoms with Crippen LogP contribution in [0.3, 0.4) is 0 Å². The van der Waals surface area contributed by atoms with Crippen molar-refractivity contribution in [1.82, 2.24) is 15.2 Å². The van der Waals surface area contributed by atoms with Crippen molar-refractivity contribution in [3.8, 4) is 0 Å². The molecule has 0 saturated heterocycles. The van der Waals surface area contributed by atoms with Gasteiger partial charge < -0.3 is 16.0 Å². The molecule has 0 fully saturated rings. The molecule has 0 bridgehead atoms. The predicted molar refractivity (Wildman–Crippen MR) is 131 cm³/mol. The molecule has 5 rings (SSSR count). The Labute approximate surface area is 194 Å². The van der Waals surface area contributed by atoms with E-state index in [4.69, 9.17) is 0 Å². The van der Waals surface area contributed by atoms with E-state index in [1.807, 2.05) is 30.3 Å². The summed E-state index contributed by atoms with van der Waals surface area (Å²) in [5.74, 6) is -0.546. The van der Waals surface area contributed by atoms with Gasteiger partial charge in [0.25, 0.3) is 5.91 Å². The average Bonchev–Trinajstić information content (AvgIpc) is 2.87. The van der Waals surface area contributed by atoms with Crippen molar-refractivity contribution in [2.75, 3.05) is 16.0 Å². The lowest BCUT2D eigenvalue weighted by Crippen LogP contribution is -2.11. The molecule has 0 aliphatic heterocycles. The highest BCUT2D eigenvalue weighted by atomic mass is 19.1. The van der Waals surface area contributed by atoms with Crippen molar-refractivity contribution in [3.05, 3.63) is 109 Å². The summed E-state index contributed by atoms with van der Waals surface area (Å²) < 4.78 is 13.7. The molecule has 0 aliphatic carbocycles. The number of pyridine rings is 1. The van der Waals surface area contributed by atoms with E-state index in [0.29, 0.717) is 22.2 Å². The number of anilines is 5. The Hall–Kier alpha value is -4.85. The molecule has 0 unspecified atom stereocenters. The molecule has 34 heavy (non-hydrogen) atoms. The molecule has 3 N–H and O–H groups in total. The van der Waals surface area contributed by atoms with Gasteiger partial charge in [-0.3, -0.25) is 9.78 Å². The van der Waals surface area contributed by atoms with Gasteiger partial charge in [-0.15, -0.1) is 0 Å². The number of benzene rings is 3. The number of nitrogens with one attached hydrogen (secondary N) is 3. The van der Waals surface area contributed by atoms with Gasteiger partial charge in [0.05, 0.1) is 23.6 Å². The number of halogens is 1. The van der Waals surface area contributed by atoms with Gasteiger partial charge >= 0.3 is 0 Å². The molecule has 2 heterocycles. The lowest BCUT2D eigenvalue weighted by molar-refractivity contribution is 0.102. The molecule has 0 radical (unpaired) electrons. The molecule has 166 valence electrons. The predicted octanol–water partition coefficient (Wildman–Crippen LogP) is 5.90. The third kappa shape index (κ3) is 4.81. The van der Waals surface area contributed by atoms with Crippen LogP contribution in [0.2, 0.25) is 0 Å². The van der Waals surface area contributed by atoms with Crippen LogP contribution in [0.5, 0.6) is 0 Å². The number of fused-ring (bicyclic) bond motifs is 1. The second-order valence-corrected chi connectivity index (χ2v) is 7.51. The number of hydrogen-bond acceptors (Lipinski definition) is 6. The summed E-state index contributed by atoms with van der Waals surface area (Å²) in [5.41, 5.74) is 5.08. The molecule has 1 amide bonds. The van der Waals surface area contributed by atoms with Crippen LogP contribution in [0.15, 0.2) is 97.5 Å². The van der Waals surface area contributed by atoms with Crippen LogP contribution < -0.4 is 16.0 Å². The molecule has 0 saturated carbocycles. The van der Waals surface area contributed by atoms with E-state index in [1.54, 1.807) is 55.0 Å². The van der Waals surface area contributed by atoms with Crippen molar-refractivity contribution < 1.29 is 9.18 Å². The van der Waals surface area contributed by atoms with Gasteiger partial charge in [-0.1, -0.05) is 0 Å². The summed E-state index contributed by atoms with van der Waals surface area (Å²) in [7, 11) is 0. The van der Waals surface area contributed by atoms with Gasteiger partial charge in [0.15, 0.2) is 0 Å². The standard InChI is InChI=1S/C26H19FN6O/c27-18-3-10-24-23(15-18)25(12-13-28-24)32-20-4-1-17(2-5-20)26(34)33-21-8-6-19(7-9-21)31-22-11-14-29-30-16-22/h1-16H,(H,28,32)(H,29,31)(H,33,34). The Bertz CT molecular complexity index is 1440. The Morgan fingerprint density at radius 1 is 0.706 bits per heavy atom. The van der Waals surface area contributed by atoms with Gasteiger partial charge in [0, 0.05) is 39.9 Å². The summed E-state index contributed by atoms with van der Waals surface area (Å²) in [4.78, 5) is 16.9. The normalized spacial score (nSPS) is 10.6. The number of hydrogen-bond donors (Lipinski definition) is 3. The van der Waals surface area contributed by atoms with Crippen molar-refractivity contribution in [2.24, 2.45) is 0 Å². The first kappa shape index (κ1) is 21.0. The van der Waals surface area contributed by atoms with Crippen molar-refractivity contribution >= 4 is 45.2 Å².